The second kappa shape index (κ2) is 4.72. The molecule has 0 N–H and O–H groups in total. The molecule has 0 bridgehead atoms. The van der Waals surface area contributed by atoms with E-state index in [1.165, 1.54) is 5.56 Å². The number of aryl methyl sites for hydroxylation is 1. The summed E-state index contributed by atoms with van der Waals surface area (Å²) in [6.07, 6.45) is 0. The lowest BCUT2D eigenvalue weighted by Gasteiger charge is -2.22. The molecule has 0 aromatic heterocycles. The van der Waals surface area contributed by atoms with E-state index in [1.807, 2.05) is 18.2 Å². The third kappa shape index (κ3) is 3.60. The summed E-state index contributed by atoms with van der Waals surface area (Å²) in [5.41, 5.74) is 2.33. The van der Waals surface area contributed by atoms with Gasteiger partial charge < -0.3 is 0 Å². The Hall–Kier alpha value is -0.940. The van der Waals surface area contributed by atoms with Crippen molar-refractivity contribution in [1.29, 1.82) is 5.26 Å². The molecule has 0 spiro atoms. The van der Waals surface area contributed by atoms with Gasteiger partial charge in [-0.05, 0) is 18.1 Å². The lowest BCUT2D eigenvalue weighted by molar-refractivity contribution is 0.799. The standard InChI is InChI=1S/C13H17NS/c1-10-7-5-6-8-11(10)12(9-14)15-13(2,3)4/h5-8,12H,1-4H3. The number of nitriles is 1. The molecule has 0 fully saturated rings. The summed E-state index contributed by atoms with van der Waals surface area (Å²) in [7, 11) is 0. The molecule has 0 aliphatic heterocycles. The van der Waals surface area contributed by atoms with Gasteiger partial charge in [-0.3, -0.25) is 0 Å². The Bertz CT molecular complexity index is 371. The first kappa shape index (κ1) is 12.1. The van der Waals surface area contributed by atoms with Gasteiger partial charge in [-0.25, -0.2) is 0 Å². The molecule has 0 saturated heterocycles. The summed E-state index contributed by atoms with van der Waals surface area (Å²) in [5, 5.41) is 9.13. The van der Waals surface area contributed by atoms with E-state index in [-0.39, 0.29) is 10.00 Å². The molecule has 1 unspecified atom stereocenters. The Morgan fingerprint density at radius 3 is 2.33 bits per heavy atom. The normalized spacial score (nSPS) is 13.3. The highest BCUT2D eigenvalue weighted by Crippen LogP contribution is 2.38. The number of thioether (sulfide) groups is 1. The molecular weight excluding hydrogens is 202 g/mol. The van der Waals surface area contributed by atoms with E-state index in [1.54, 1.807) is 11.8 Å². The minimum atomic E-state index is -0.0637. The zero-order chi connectivity index (χ0) is 11.5. The van der Waals surface area contributed by atoms with Crippen molar-refractivity contribution in [3.05, 3.63) is 35.4 Å². The fourth-order valence-electron chi connectivity index (χ4n) is 1.39. The maximum atomic E-state index is 9.20. The first-order chi connectivity index (χ1) is 6.94. The molecule has 1 nitrogen and oxygen atoms in total. The summed E-state index contributed by atoms with van der Waals surface area (Å²) in [4.78, 5) is 0. The predicted octanol–water partition coefficient (Wildman–Crippen LogP) is 4.09. The highest BCUT2D eigenvalue weighted by molar-refractivity contribution is 8.01. The van der Waals surface area contributed by atoms with Crippen LogP contribution in [0.3, 0.4) is 0 Å². The van der Waals surface area contributed by atoms with Gasteiger partial charge in [-0.15, -0.1) is 11.8 Å². The molecule has 15 heavy (non-hydrogen) atoms. The van der Waals surface area contributed by atoms with Crippen LogP contribution >= 0.6 is 11.8 Å². The summed E-state index contributed by atoms with van der Waals surface area (Å²) in [5.74, 6) is 0. The lowest BCUT2D eigenvalue weighted by atomic mass is 10.1. The first-order valence-corrected chi connectivity index (χ1v) is 5.95. The predicted molar refractivity (Wildman–Crippen MR) is 66.9 cm³/mol. The van der Waals surface area contributed by atoms with Crippen LogP contribution in [-0.4, -0.2) is 4.75 Å². The van der Waals surface area contributed by atoms with E-state index in [2.05, 4.69) is 39.8 Å². The number of rotatable bonds is 2. The van der Waals surface area contributed by atoms with Crippen molar-refractivity contribution < 1.29 is 0 Å². The van der Waals surface area contributed by atoms with Gasteiger partial charge in [0.05, 0.1) is 6.07 Å². The summed E-state index contributed by atoms with van der Waals surface area (Å²) >= 11 is 1.71. The van der Waals surface area contributed by atoms with E-state index >= 15 is 0 Å². The minimum absolute atomic E-state index is 0.0637. The van der Waals surface area contributed by atoms with Gasteiger partial charge >= 0.3 is 0 Å². The zero-order valence-corrected chi connectivity index (χ0v) is 10.6. The van der Waals surface area contributed by atoms with Crippen LogP contribution in [0.25, 0.3) is 0 Å². The van der Waals surface area contributed by atoms with Crippen LogP contribution in [0, 0.1) is 18.3 Å². The molecule has 1 aromatic carbocycles. The molecule has 0 saturated carbocycles. The fourth-order valence-corrected chi connectivity index (χ4v) is 2.55. The van der Waals surface area contributed by atoms with Gasteiger partial charge in [-0.2, -0.15) is 5.26 Å². The van der Waals surface area contributed by atoms with Gasteiger partial charge in [0, 0.05) is 4.75 Å². The number of benzene rings is 1. The van der Waals surface area contributed by atoms with Crippen molar-refractivity contribution in [1.82, 2.24) is 0 Å². The second-order valence-corrected chi connectivity index (χ2v) is 6.53. The van der Waals surface area contributed by atoms with E-state index in [4.69, 9.17) is 0 Å². The van der Waals surface area contributed by atoms with Crippen LogP contribution in [0.15, 0.2) is 24.3 Å². The van der Waals surface area contributed by atoms with Crippen molar-refractivity contribution in [2.75, 3.05) is 0 Å². The Kier molecular flexibility index (Phi) is 3.82. The van der Waals surface area contributed by atoms with Crippen LogP contribution in [-0.2, 0) is 0 Å². The van der Waals surface area contributed by atoms with Gasteiger partial charge in [0.25, 0.3) is 0 Å². The van der Waals surface area contributed by atoms with Crippen LogP contribution in [0.5, 0.6) is 0 Å². The third-order valence-electron chi connectivity index (χ3n) is 2.06. The van der Waals surface area contributed by atoms with Crippen molar-refractivity contribution in [2.24, 2.45) is 0 Å². The smallest absolute Gasteiger partial charge is 0.117 e. The summed E-state index contributed by atoms with van der Waals surface area (Å²) in [6, 6.07) is 10.5. The fraction of sp³-hybridized carbons (Fsp3) is 0.462. The van der Waals surface area contributed by atoms with Crippen LogP contribution in [0.1, 0.15) is 37.1 Å². The number of nitrogens with zero attached hydrogens (tertiary/aromatic N) is 1. The molecule has 1 rings (SSSR count). The molecule has 0 heterocycles. The minimum Gasteiger partial charge on any atom is -0.197 e. The molecule has 0 radical (unpaired) electrons. The highest BCUT2D eigenvalue weighted by atomic mass is 32.2. The average Bonchev–Trinajstić information content (AvgIpc) is 2.14. The summed E-state index contributed by atoms with van der Waals surface area (Å²) < 4.78 is 0.114. The Morgan fingerprint density at radius 1 is 1.27 bits per heavy atom. The molecule has 1 aromatic rings. The Balaban J connectivity index is 2.95. The first-order valence-electron chi connectivity index (χ1n) is 5.07. The van der Waals surface area contributed by atoms with E-state index in [0.29, 0.717) is 0 Å². The van der Waals surface area contributed by atoms with Gasteiger partial charge in [0.15, 0.2) is 0 Å². The highest BCUT2D eigenvalue weighted by Gasteiger charge is 2.21. The van der Waals surface area contributed by atoms with E-state index in [9.17, 15) is 5.26 Å². The molecule has 1 atom stereocenters. The molecule has 80 valence electrons. The Labute approximate surface area is 96.5 Å². The average molecular weight is 219 g/mol. The zero-order valence-electron chi connectivity index (χ0n) is 9.74. The Morgan fingerprint density at radius 2 is 1.87 bits per heavy atom. The molecule has 2 heteroatoms. The summed E-state index contributed by atoms with van der Waals surface area (Å²) in [6.45, 7) is 8.48. The topological polar surface area (TPSA) is 23.8 Å². The largest absolute Gasteiger partial charge is 0.197 e. The van der Waals surface area contributed by atoms with E-state index in [0.717, 1.165) is 5.56 Å². The third-order valence-corrected chi connectivity index (χ3v) is 3.36. The second-order valence-electron chi connectivity index (χ2n) is 4.60. The number of hydrogen-bond donors (Lipinski definition) is 0. The maximum absolute atomic E-state index is 9.20. The number of hydrogen-bond acceptors (Lipinski definition) is 2. The lowest BCUT2D eigenvalue weighted by Crippen LogP contribution is -2.11. The van der Waals surface area contributed by atoms with E-state index < -0.39 is 0 Å². The van der Waals surface area contributed by atoms with Crippen molar-refractivity contribution >= 4 is 11.8 Å². The van der Waals surface area contributed by atoms with Crippen molar-refractivity contribution in [3.8, 4) is 6.07 Å². The monoisotopic (exact) mass is 219 g/mol. The van der Waals surface area contributed by atoms with Gasteiger partial charge in [0.1, 0.15) is 5.25 Å². The van der Waals surface area contributed by atoms with Crippen LogP contribution in [0.4, 0.5) is 0 Å². The maximum Gasteiger partial charge on any atom is 0.117 e. The molecule has 0 aliphatic carbocycles. The molecule has 0 amide bonds. The SMILES string of the molecule is Cc1ccccc1C(C#N)SC(C)(C)C. The van der Waals surface area contributed by atoms with Gasteiger partial charge in [-0.1, -0.05) is 45.0 Å². The quantitative estimate of drug-likeness (QED) is 0.748. The van der Waals surface area contributed by atoms with Gasteiger partial charge in [0.2, 0.25) is 0 Å². The molecular formula is C13H17NS. The van der Waals surface area contributed by atoms with Crippen molar-refractivity contribution in [3.63, 3.8) is 0 Å². The molecule has 0 aliphatic rings. The van der Waals surface area contributed by atoms with Crippen LogP contribution in [0.2, 0.25) is 0 Å². The van der Waals surface area contributed by atoms with Crippen molar-refractivity contribution in [2.45, 2.75) is 37.7 Å². The van der Waals surface area contributed by atoms with Crippen LogP contribution < -0.4 is 0 Å².